The minimum Gasteiger partial charge on any atom is -0.207 e. The highest BCUT2D eigenvalue weighted by molar-refractivity contribution is 7.89. The average molecular weight is 292 g/mol. The number of hydrogen-bond acceptors (Lipinski definition) is 3. The molecule has 1 aromatic carbocycles. The van der Waals surface area contributed by atoms with Crippen LogP contribution in [0.3, 0.4) is 0 Å². The van der Waals surface area contributed by atoms with Gasteiger partial charge in [0.25, 0.3) is 0 Å². The maximum Gasteiger partial charge on any atom is 0.243 e. The van der Waals surface area contributed by atoms with Gasteiger partial charge in [-0.1, -0.05) is 26.0 Å². The Kier molecular flexibility index (Phi) is 4.46. The fourth-order valence-electron chi connectivity index (χ4n) is 2.17. The summed E-state index contributed by atoms with van der Waals surface area (Å²) in [6, 6.07) is 8.88. The van der Waals surface area contributed by atoms with Crippen molar-refractivity contribution in [2.24, 2.45) is 5.92 Å². The van der Waals surface area contributed by atoms with Crippen LogP contribution < -0.4 is 0 Å². The lowest BCUT2D eigenvalue weighted by atomic mass is 10.2. The molecule has 1 aliphatic rings. The molecule has 1 fully saturated rings. The second-order valence-corrected chi connectivity index (χ2v) is 7.57. The molecule has 0 aromatic heterocycles. The first-order valence-corrected chi connectivity index (χ1v) is 8.37. The van der Waals surface area contributed by atoms with Gasteiger partial charge in [-0.05, 0) is 36.5 Å². The van der Waals surface area contributed by atoms with E-state index >= 15 is 0 Å². The molecular weight excluding hydrogens is 272 g/mol. The number of hydrogen-bond donors (Lipinski definition) is 0. The highest BCUT2D eigenvalue weighted by Crippen LogP contribution is 2.32. The molecule has 1 aliphatic carbocycles. The Hall–Kier alpha value is -1.38. The summed E-state index contributed by atoms with van der Waals surface area (Å²) in [4.78, 5) is 0.326. The summed E-state index contributed by atoms with van der Waals surface area (Å²) >= 11 is 0. The van der Waals surface area contributed by atoms with E-state index in [2.05, 4.69) is 6.07 Å². The van der Waals surface area contributed by atoms with Gasteiger partial charge < -0.3 is 0 Å². The van der Waals surface area contributed by atoms with E-state index in [0.29, 0.717) is 23.8 Å². The number of sulfonamides is 1. The smallest absolute Gasteiger partial charge is 0.207 e. The maximum atomic E-state index is 12.7. The average Bonchev–Trinajstić information content (AvgIpc) is 3.21. The molecule has 0 heterocycles. The Morgan fingerprint density at radius 1 is 1.30 bits per heavy atom. The summed E-state index contributed by atoms with van der Waals surface area (Å²) in [6.45, 7) is 4.62. The predicted molar refractivity (Wildman–Crippen MR) is 77.5 cm³/mol. The van der Waals surface area contributed by atoms with E-state index in [1.54, 1.807) is 28.6 Å². The van der Waals surface area contributed by atoms with Crippen LogP contribution in [0.2, 0.25) is 0 Å². The minimum absolute atomic E-state index is 0.168. The largest absolute Gasteiger partial charge is 0.243 e. The summed E-state index contributed by atoms with van der Waals surface area (Å²) in [6.07, 6.45) is 2.22. The summed E-state index contributed by atoms with van der Waals surface area (Å²) < 4.78 is 27.0. The quantitative estimate of drug-likeness (QED) is 0.809. The SMILES string of the molecule is CC(C)CN(C1CC1)S(=O)(=O)c1ccc(CC#N)cc1. The summed E-state index contributed by atoms with van der Waals surface area (Å²) in [5.74, 6) is 0.309. The van der Waals surface area contributed by atoms with Gasteiger partial charge in [-0.25, -0.2) is 8.42 Å². The molecule has 0 N–H and O–H groups in total. The zero-order valence-electron chi connectivity index (χ0n) is 11.9. The van der Waals surface area contributed by atoms with E-state index in [4.69, 9.17) is 5.26 Å². The van der Waals surface area contributed by atoms with Crippen LogP contribution in [-0.4, -0.2) is 25.3 Å². The fraction of sp³-hybridized carbons (Fsp3) is 0.533. The van der Waals surface area contributed by atoms with Crippen molar-refractivity contribution in [2.45, 2.75) is 44.0 Å². The molecule has 108 valence electrons. The Balaban J connectivity index is 2.25. The lowest BCUT2D eigenvalue weighted by molar-refractivity contribution is 0.360. The molecular formula is C15H20N2O2S. The zero-order chi connectivity index (χ0) is 14.8. The van der Waals surface area contributed by atoms with Crippen molar-refractivity contribution in [1.82, 2.24) is 4.31 Å². The first-order valence-electron chi connectivity index (χ1n) is 6.93. The van der Waals surface area contributed by atoms with Crippen molar-refractivity contribution in [3.8, 4) is 6.07 Å². The van der Waals surface area contributed by atoms with E-state index in [1.807, 2.05) is 13.8 Å². The van der Waals surface area contributed by atoms with Crippen molar-refractivity contribution >= 4 is 10.0 Å². The van der Waals surface area contributed by atoms with Gasteiger partial charge in [-0.15, -0.1) is 0 Å². The van der Waals surface area contributed by atoms with E-state index in [1.165, 1.54) is 0 Å². The molecule has 0 atom stereocenters. The lowest BCUT2D eigenvalue weighted by Gasteiger charge is -2.23. The molecule has 1 saturated carbocycles. The topological polar surface area (TPSA) is 61.2 Å². The van der Waals surface area contributed by atoms with Crippen molar-refractivity contribution in [3.63, 3.8) is 0 Å². The standard InChI is InChI=1S/C15H20N2O2S/c1-12(2)11-17(14-5-6-14)20(18,19)15-7-3-13(4-8-15)9-10-16/h3-4,7-8,12,14H,5-6,9,11H2,1-2H3. The Morgan fingerprint density at radius 2 is 1.90 bits per heavy atom. The molecule has 0 amide bonds. The van der Waals surface area contributed by atoms with Crippen LogP contribution in [0.5, 0.6) is 0 Å². The normalized spacial score (nSPS) is 15.6. The van der Waals surface area contributed by atoms with Crippen LogP contribution in [-0.2, 0) is 16.4 Å². The van der Waals surface area contributed by atoms with Crippen molar-refractivity contribution in [3.05, 3.63) is 29.8 Å². The van der Waals surface area contributed by atoms with Gasteiger partial charge in [-0.3, -0.25) is 0 Å². The maximum absolute atomic E-state index is 12.7. The van der Waals surface area contributed by atoms with Crippen LogP contribution in [0.1, 0.15) is 32.3 Å². The van der Waals surface area contributed by atoms with Gasteiger partial charge in [0, 0.05) is 12.6 Å². The molecule has 0 radical (unpaired) electrons. The number of nitrogens with zero attached hydrogens (tertiary/aromatic N) is 2. The second-order valence-electron chi connectivity index (χ2n) is 5.68. The van der Waals surface area contributed by atoms with Gasteiger partial charge in [0.15, 0.2) is 0 Å². The number of benzene rings is 1. The Labute approximate surface area is 121 Å². The predicted octanol–water partition coefficient (Wildman–Crippen LogP) is 2.56. The third-order valence-electron chi connectivity index (χ3n) is 3.31. The van der Waals surface area contributed by atoms with Crippen molar-refractivity contribution in [1.29, 1.82) is 5.26 Å². The first-order chi connectivity index (χ1) is 9.45. The first kappa shape index (κ1) is 15.0. The lowest BCUT2D eigenvalue weighted by Crippen LogP contribution is -2.36. The van der Waals surface area contributed by atoms with Crippen molar-refractivity contribution in [2.75, 3.05) is 6.54 Å². The van der Waals surface area contributed by atoms with Crippen molar-refractivity contribution < 1.29 is 8.42 Å². The van der Waals surface area contributed by atoms with Gasteiger partial charge >= 0.3 is 0 Å². The van der Waals surface area contributed by atoms with Crippen LogP contribution in [0, 0.1) is 17.2 Å². The molecule has 0 saturated heterocycles. The van der Waals surface area contributed by atoms with E-state index in [9.17, 15) is 8.42 Å². The van der Waals surface area contributed by atoms with Crippen LogP contribution in [0.15, 0.2) is 29.2 Å². The Bertz CT molecular complexity index is 596. The fourth-order valence-corrected chi connectivity index (χ4v) is 4.02. The highest BCUT2D eigenvalue weighted by atomic mass is 32.2. The van der Waals surface area contributed by atoms with Gasteiger partial charge in [0.2, 0.25) is 10.0 Å². The number of rotatable bonds is 6. The summed E-state index contributed by atoms with van der Waals surface area (Å²) in [5.41, 5.74) is 0.841. The highest BCUT2D eigenvalue weighted by Gasteiger charge is 2.38. The van der Waals surface area contributed by atoms with E-state index in [0.717, 1.165) is 18.4 Å². The second kappa shape index (κ2) is 5.94. The minimum atomic E-state index is -3.41. The summed E-state index contributed by atoms with van der Waals surface area (Å²) in [5, 5.41) is 8.64. The molecule has 20 heavy (non-hydrogen) atoms. The molecule has 0 spiro atoms. The molecule has 0 bridgehead atoms. The monoisotopic (exact) mass is 292 g/mol. The third kappa shape index (κ3) is 3.38. The molecule has 5 heteroatoms. The van der Waals surface area contributed by atoms with Crippen LogP contribution in [0.4, 0.5) is 0 Å². The number of nitriles is 1. The van der Waals surface area contributed by atoms with Crippen LogP contribution >= 0.6 is 0 Å². The molecule has 2 rings (SSSR count). The molecule has 0 unspecified atom stereocenters. The molecule has 4 nitrogen and oxygen atoms in total. The van der Waals surface area contributed by atoms with Crippen LogP contribution in [0.25, 0.3) is 0 Å². The molecule has 1 aromatic rings. The van der Waals surface area contributed by atoms with E-state index in [-0.39, 0.29) is 6.04 Å². The molecule has 0 aliphatic heterocycles. The zero-order valence-corrected chi connectivity index (χ0v) is 12.7. The summed E-state index contributed by atoms with van der Waals surface area (Å²) in [7, 11) is -3.41. The van der Waals surface area contributed by atoms with Gasteiger partial charge in [0.1, 0.15) is 0 Å². The third-order valence-corrected chi connectivity index (χ3v) is 5.24. The van der Waals surface area contributed by atoms with Gasteiger partial charge in [0.05, 0.1) is 17.4 Å². The Morgan fingerprint density at radius 3 is 2.35 bits per heavy atom. The van der Waals surface area contributed by atoms with Gasteiger partial charge in [-0.2, -0.15) is 9.57 Å². The van der Waals surface area contributed by atoms with E-state index < -0.39 is 10.0 Å².